The predicted octanol–water partition coefficient (Wildman–Crippen LogP) is 1.53. The topological polar surface area (TPSA) is 72.9 Å². The van der Waals surface area contributed by atoms with Crippen molar-refractivity contribution in [3.63, 3.8) is 0 Å². The molecule has 1 aliphatic rings. The van der Waals surface area contributed by atoms with Crippen molar-refractivity contribution in [3.05, 3.63) is 18.0 Å². The summed E-state index contributed by atoms with van der Waals surface area (Å²) in [6.07, 6.45) is 5.74. The normalized spacial score (nSPS) is 16.6. The fourth-order valence-electron chi connectivity index (χ4n) is 1.93. The molecule has 0 spiro atoms. The van der Waals surface area contributed by atoms with Crippen molar-refractivity contribution in [1.82, 2.24) is 15.1 Å². The summed E-state index contributed by atoms with van der Waals surface area (Å²) in [5.74, 6) is 0.490. The Balaban J connectivity index is 0.00000180. The van der Waals surface area contributed by atoms with Crippen LogP contribution in [0, 0.1) is 5.92 Å². The third-order valence-electron chi connectivity index (χ3n) is 3.29. The number of hydrogen-bond donors (Lipinski definition) is 2. The molecule has 0 radical (unpaired) electrons. The lowest BCUT2D eigenvalue weighted by molar-refractivity contribution is 0.0933. The van der Waals surface area contributed by atoms with Gasteiger partial charge in [0.05, 0.1) is 17.3 Å². The highest BCUT2D eigenvalue weighted by Crippen LogP contribution is 2.32. The number of carbonyl (C=O) groups is 1. The summed E-state index contributed by atoms with van der Waals surface area (Å²) in [6, 6.07) is 0.107. The van der Waals surface area contributed by atoms with Crippen molar-refractivity contribution < 1.29 is 4.79 Å². The number of nitrogens with two attached hydrogens (primary N) is 1. The summed E-state index contributed by atoms with van der Waals surface area (Å²) in [5.41, 5.74) is 6.17. The summed E-state index contributed by atoms with van der Waals surface area (Å²) < 4.78 is 1.80. The van der Waals surface area contributed by atoms with Crippen molar-refractivity contribution in [2.24, 2.45) is 11.7 Å². The molecular formula is C13H23ClN4O. The Morgan fingerprint density at radius 2 is 2.21 bits per heavy atom. The van der Waals surface area contributed by atoms with Crippen LogP contribution in [0.15, 0.2) is 12.4 Å². The van der Waals surface area contributed by atoms with Crippen LogP contribution < -0.4 is 11.1 Å². The molecule has 1 aliphatic carbocycles. The largest absolute Gasteiger partial charge is 0.348 e. The molecule has 0 aliphatic heterocycles. The van der Waals surface area contributed by atoms with E-state index in [-0.39, 0.29) is 29.9 Å². The van der Waals surface area contributed by atoms with E-state index < -0.39 is 0 Å². The van der Waals surface area contributed by atoms with Crippen LogP contribution in [0.5, 0.6) is 0 Å². The summed E-state index contributed by atoms with van der Waals surface area (Å²) in [7, 11) is 0. The van der Waals surface area contributed by atoms with Gasteiger partial charge in [0, 0.05) is 18.8 Å². The zero-order valence-corrected chi connectivity index (χ0v) is 12.5. The fourth-order valence-corrected chi connectivity index (χ4v) is 1.93. The molecule has 2 rings (SSSR count). The molecule has 3 N–H and O–H groups in total. The Hall–Kier alpha value is -1.07. The molecule has 1 aromatic rings. The molecule has 1 atom stereocenters. The molecule has 108 valence electrons. The molecule has 0 aromatic carbocycles. The zero-order valence-electron chi connectivity index (χ0n) is 11.7. The van der Waals surface area contributed by atoms with Crippen molar-refractivity contribution >= 4 is 18.3 Å². The van der Waals surface area contributed by atoms with Gasteiger partial charge in [0.25, 0.3) is 5.91 Å². The number of hydrogen-bond acceptors (Lipinski definition) is 3. The van der Waals surface area contributed by atoms with Gasteiger partial charge in [-0.3, -0.25) is 9.48 Å². The number of halogens is 1. The predicted molar refractivity (Wildman–Crippen MR) is 77.5 cm³/mol. The van der Waals surface area contributed by atoms with Gasteiger partial charge in [-0.05, 0) is 39.5 Å². The van der Waals surface area contributed by atoms with E-state index >= 15 is 0 Å². The van der Waals surface area contributed by atoms with E-state index in [9.17, 15) is 4.79 Å². The van der Waals surface area contributed by atoms with Gasteiger partial charge in [0.2, 0.25) is 0 Å². The summed E-state index contributed by atoms with van der Waals surface area (Å²) >= 11 is 0. The lowest BCUT2D eigenvalue weighted by Crippen LogP contribution is -2.41. The van der Waals surface area contributed by atoms with Gasteiger partial charge in [0.1, 0.15) is 0 Å². The first-order valence-corrected chi connectivity index (χ1v) is 6.48. The van der Waals surface area contributed by atoms with E-state index in [1.807, 2.05) is 0 Å². The minimum absolute atomic E-state index is 0. The standard InChI is InChI=1S/C13H22N4O.ClH/c1-13(2,3)17-8-10(7-15-17)12(18)16-11(6-14)9-4-5-9;/h7-9,11H,4-6,14H2,1-3H3,(H,16,18);1H. The highest BCUT2D eigenvalue weighted by atomic mass is 35.5. The summed E-state index contributed by atoms with van der Waals surface area (Å²) in [5, 5.41) is 7.22. The number of amides is 1. The van der Waals surface area contributed by atoms with Crippen LogP contribution in [0.25, 0.3) is 0 Å². The highest BCUT2D eigenvalue weighted by Gasteiger charge is 2.31. The maximum Gasteiger partial charge on any atom is 0.254 e. The van der Waals surface area contributed by atoms with Crippen LogP contribution in [0.3, 0.4) is 0 Å². The highest BCUT2D eigenvalue weighted by molar-refractivity contribution is 5.93. The van der Waals surface area contributed by atoms with Crippen LogP contribution in [-0.4, -0.2) is 28.3 Å². The number of nitrogens with zero attached hydrogens (tertiary/aromatic N) is 2. The van der Waals surface area contributed by atoms with Gasteiger partial charge < -0.3 is 11.1 Å². The van der Waals surface area contributed by atoms with E-state index in [4.69, 9.17) is 5.73 Å². The van der Waals surface area contributed by atoms with E-state index in [0.717, 1.165) is 0 Å². The Morgan fingerprint density at radius 3 is 2.63 bits per heavy atom. The van der Waals surface area contributed by atoms with Gasteiger partial charge >= 0.3 is 0 Å². The molecule has 1 saturated carbocycles. The molecule has 1 unspecified atom stereocenters. The first kappa shape index (κ1) is 16.0. The Morgan fingerprint density at radius 1 is 1.58 bits per heavy atom. The van der Waals surface area contributed by atoms with Gasteiger partial charge in [-0.15, -0.1) is 12.4 Å². The minimum atomic E-state index is -0.109. The third-order valence-corrected chi connectivity index (χ3v) is 3.29. The molecule has 0 bridgehead atoms. The molecule has 0 saturated heterocycles. The van der Waals surface area contributed by atoms with E-state index in [0.29, 0.717) is 18.0 Å². The first-order valence-electron chi connectivity index (χ1n) is 6.48. The third kappa shape index (κ3) is 3.94. The lowest BCUT2D eigenvalue weighted by atomic mass is 10.1. The number of carbonyl (C=O) groups excluding carboxylic acids is 1. The smallest absolute Gasteiger partial charge is 0.254 e. The maximum atomic E-state index is 12.1. The first-order chi connectivity index (χ1) is 8.41. The molecule has 1 amide bonds. The molecule has 1 heterocycles. The minimum Gasteiger partial charge on any atom is -0.348 e. The SMILES string of the molecule is CC(C)(C)n1cc(C(=O)NC(CN)C2CC2)cn1.Cl. The maximum absolute atomic E-state index is 12.1. The number of nitrogens with one attached hydrogen (secondary N) is 1. The Bertz CT molecular complexity index is 434. The number of rotatable bonds is 4. The van der Waals surface area contributed by atoms with Crippen molar-refractivity contribution in [1.29, 1.82) is 0 Å². The molecular weight excluding hydrogens is 264 g/mol. The quantitative estimate of drug-likeness (QED) is 0.881. The molecule has 5 nitrogen and oxygen atoms in total. The fraction of sp³-hybridized carbons (Fsp3) is 0.692. The Kier molecular flexibility index (Phi) is 4.98. The van der Waals surface area contributed by atoms with E-state index in [2.05, 4.69) is 31.2 Å². The van der Waals surface area contributed by atoms with Crippen LogP contribution in [0.1, 0.15) is 44.0 Å². The van der Waals surface area contributed by atoms with E-state index in [1.165, 1.54) is 12.8 Å². The number of aromatic nitrogens is 2. The Labute approximate surface area is 120 Å². The molecule has 19 heavy (non-hydrogen) atoms. The summed E-state index contributed by atoms with van der Waals surface area (Å²) in [6.45, 7) is 6.65. The average molecular weight is 287 g/mol. The van der Waals surface area contributed by atoms with Crippen molar-refractivity contribution in [2.75, 3.05) is 6.54 Å². The van der Waals surface area contributed by atoms with Gasteiger partial charge in [-0.25, -0.2) is 0 Å². The van der Waals surface area contributed by atoms with Gasteiger partial charge in [-0.1, -0.05) is 0 Å². The van der Waals surface area contributed by atoms with Crippen LogP contribution >= 0.6 is 12.4 Å². The molecule has 1 aromatic heterocycles. The van der Waals surface area contributed by atoms with Gasteiger partial charge in [-0.2, -0.15) is 5.10 Å². The van der Waals surface area contributed by atoms with E-state index in [1.54, 1.807) is 17.1 Å². The monoisotopic (exact) mass is 286 g/mol. The summed E-state index contributed by atoms with van der Waals surface area (Å²) in [4.78, 5) is 12.1. The average Bonchev–Trinajstić information content (AvgIpc) is 2.99. The second-order valence-corrected chi connectivity index (χ2v) is 6.00. The molecule has 6 heteroatoms. The molecule has 1 fully saturated rings. The second-order valence-electron chi connectivity index (χ2n) is 6.00. The van der Waals surface area contributed by atoms with Crippen LogP contribution in [-0.2, 0) is 5.54 Å². The van der Waals surface area contributed by atoms with Crippen molar-refractivity contribution in [2.45, 2.75) is 45.2 Å². The van der Waals surface area contributed by atoms with Crippen molar-refractivity contribution in [3.8, 4) is 0 Å². The van der Waals surface area contributed by atoms with Gasteiger partial charge in [0.15, 0.2) is 0 Å². The van der Waals surface area contributed by atoms with Crippen LogP contribution in [0.4, 0.5) is 0 Å². The zero-order chi connectivity index (χ0) is 13.3. The second kappa shape index (κ2) is 5.92. The van der Waals surface area contributed by atoms with Crippen LogP contribution in [0.2, 0.25) is 0 Å². The lowest BCUT2D eigenvalue weighted by Gasteiger charge is -2.19.